The van der Waals surface area contributed by atoms with E-state index in [1.807, 2.05) is 24.3 Å². The monoisotopic (exact) mass is 493 g/mol. The fourth-order valence-corrected chi connectivity index (χ4v) is 6.42. The predicted octanol–water partition coefficient (Wildman–Crippen LogP) is 8.87. The number of furan rings is 1. The van der Waals surface area contributed by atoms with Crippen molar-refractivity contribution in [2.45, 2.75) is 0 Å². The highest BCUT2D eigenvalue weighted by Crippen LogP contribution is 2.46. The smallest absolute Gasteiger partial charge is 0.214 e. The fraction of sp³-hybridized carbons (Fsp3) is 0. The summed E-state index contributed by atoms with van der Waals surface area (Å²) in [6, 6.07) is 35.6. The third-order valence-corrected chi connectivity index (χ3v) is 8.10. The summed E-state index contributed by atoms with van der Waals surface area (Å²) in [6.07, 6.45) is 3.60. The van der Waals surface area contributed by atoms with Crippen LogP contribution in [-0.2, 0) is 0 Å². The number of pyridine rings is 2. The minimum absolute atomic E-state index is 0.879. The second kappa shape index (κ2) is 7.88. The van der Waals surface area contributed by atoms with Crippen LogP contribution in [0.4, 0.5) is 0 Å². The number of hydrogen-bond donors (Lipinski definition) is 0. The van der Waals surface area contributed by atoms with E-state index in [1.54, 1.807) is 23.7 Å². The Labute approximate surface area is 216 Å². The summed E-state index contributed by atoms with van der Waals surface area (Å²) < 4.78 is 11.3. The van der Waals surface area contributed by atoms with E-state index in [-0.39, 0.29) is 0 Å². The zero-order valence-corrected chi connectivity index (χ0v) is 20.4. The molecule has 0 saturated heterocycles. The summed E-state index contributed by atoms with van der Waals surface area (Å²) in [5.74, 6) is 0. The van der Waals surface area contributed by atoms with E-state index in [2.05, 4.69) is 88.4 Å². The van der Waals surface area contributed by atoms with Gasteiger partial charge in [0.2, 0.25) is 5.71 Å². The number of aromatic nitrogens is 3. The molecule has 0 aliphatic rings. The minimum Gasteiger partial charge on any atom is -0.438 e. The number of fused-ring (bicyclic) bond motifs is 7. The Morgan fingerprint density at radius 1 is 0.676 bits per heavy atom. The van der Waals surface area contributed by atoms with E-state index in [0.29, 0.717) is 0 Å². The van der Waals surface area contributed by atoms with Crippen molar-refractivity contribution < 1.29 is 4.42 Å². The van der Waals surface area contributed by atoms with Crippen LogP contribution in [0.1, 0.15) is 0 Å². The van der Waals surface area contributed by atoms with Crippen LogP contribution in [0, 0.1) is 0 Å². The Kier molecular flexibility index (Phi) is 4.36. The lowest BCUT2D eigenvalue weighted by molar-refractivity contribution is 0.649. The maximum Gasteiger partial charge on any atom is 0.214 e. The average molecular weight is 494 g/mol. The number of thiophene rings is 1. The van der Waals surface area contributed by atoms with Crippen LogP contribution < -0.4 is 0 Å². The van der Waals surface area contributed by atoms with Gasteiger partial charge >= 0.3 is 0 Å². The summed E-state index contributed by atoms with van der Waals surface area (Å²) >= 11 is 1.79. The third-order valence-electron chi connectivity index (χ3n) is 6.93. The summed E-state index contributed by atoms with van der Waals surface area (Å²) in [5.41, 5.74) is 8.04. The molecular weight excluding hydrogens is 474 g/mol. The van der Waals surface area contributed by atoms with Gasteiger partial charge in [0.25, 0.3) is 0 Å². The molecule has 0 amide bonds. The van der Waals surface area contributed by atoms with E-state index in [4.69, 9.17) is 9.40 Å². The zero-order valence-electron chi connectivity index (χ0n) is 19.6. The van der Waals surface area contributed by atoms with Crippen molar-refractivity contribution in [1.29, 1.82) is 0 Å². The molecule has 0 unspecified atom stereocenters. The maximum atomic E-state index is 6.65. The van der Waals surface area contributed by atoms with Crippen molar-refractivity contribution in [3.8, 4) is 28.2 Å². The van der Waals surface area contributed by atoms with Crippen LogP contribution in [0.3, 0.4) is 0 Å². The lowest BCUT2D eigenvalue weighted by Crippen LogP contribution is -1.93. The second-order valence-electron chi connectivity index (χ2n) is 9.09. The molecule has 3 aromatic carbocycles. The molecule has 0 spiro atoms. The first-order chi connectivity index (χ1) is 18.3. The molecule has 0 atom stereocenters. The van der Waals surface area contributed by atoms with Crippen LogP contribution in [-0.4, -0.2) is 14.5 Å². The first-order valence-corrected chi connectivity index (χ1v) is 13.0. The highest BCUT2D eigenvalue weighted by molar-refractivity contribution is 7.26. The molecule has 5 heteroatoms. The molecule has 8 rings (SSSR count). The van der Waals surface area contributed by atoms with Gasteiger partial charge in [-0.2, -0.15) is 0 Å². The number of nitrogens with zero attached hydrogens (tertiary/aromatic N) is 3. The van der Waals surface area contributed by atoms with E-state index in [0.717, 1.165) is 61.2 Å². The van der Waals surface area contributed by atoms with Crippen LogP contribution in [0.5, 0.6) is 0 Å². The highest BCUT2D eigenvalue weighted by Gasteiger charge is 2.22. The molecule has 8 aromatic rings. The van der Waals surface area contributed by atoms with E-state index >= 15 is 0 Å². The SMILES string of the molecule is c1ccc(-n2c3ccc(-c4cccc(-c5ccncc5)n4)cc3c3c4sc5ccccc5c4oc32)cc1. The number of para-hydroxylation sites is 1. The predicted molar refractivity (Wildman–Crippen MR) is 152 cm³/mol. The van der Waals surface area contributed by atoms with E-state index < -0.39 is 0 Å². The topological polar surface area (TPSA) is 43.9 Å². The fourth-order valence-electron chi connectivity index (χ4n) is 5.24. The van der Waals surface area contributed by atoms with Crippen molar-refractivity contribution in [2.24, 2.45) is 0 Å². The van der Waals surface area contributed by atoms with E-state index in [1.165, 1.54) is 9.40 Å². The van der Waals surface area contributed by atoms with Crippen molar-refractivity contribution >= 4 is 53.7 Å². The minimum atomic E-state index is 0.879. The molecule has 0 radical (unpaired) electrons. The summed E-state index contributed by atoms with van der Waals surface area (Å²) in [4.78, 5) is 9.13. The van der Waals surface area contributed by atoms with Gasteiger partial charge in [-0.1, -0.05) is 42.5 Å². The summed E-state index contributed by atoms with van der Waals surface area (Å²) in [7, 11) is 0. The highest BCUT2D eigenvalue weighted by atomic mass is 32.1. The van der Waals surface area contributed by atoms with Gasteiger partial charge in [0.05, 0.1) is 27.0 Å². The molecule has 0 bridgehead atoms. The molecule has 0 aliphatic heterocycles. The molecule has 37 heavy (non-hydrogen) atoms. The Hall–Kier alpha value is -4.74. The molecule has 0 aliphatic carbocycles. The average Bonchev–Trinajstić information content (AvgIpc) is 3.61. The van der Waals surface area contributed by atoms with Crippen molar-refractivity contribution in [3.63, 3.8) is 0 Å². The molecule has 5 heterocycles. The molecule has 4 nitrogen and oxygen atoms in total. The summed E-state index contributed by atoms with van der Waals surface area (Å²) in [5, 5.41) is 3.48. The molecule has 0 saturated carbocycles. The van der Waals surface area contributed by atoms with Gasteiger partial charge in [-0.3, -0.25) is 9.55 Å². The maximum absolute atomic E-state index is 6.65. The van der Waals surface area contributed by atoms with Gasteiger partial charge < -0.3 is 4.42 Å². The van der Waals surface area contributed by atoms with Gasteiger partial charge in [0.15, 0.2) is 5.58 Å². The third kappa shape index (κ3) is 3.08. The van der Waals surface area contributed by atoms with Crippen molar-refractivity contribution in [2.75, 3.05) is 0 Å². The van der Waals surface area contributed by atoms with Crippen LogP contribution in [0.2, 0.25) is 0 Å². The Morgan fingerprint density at radius 2 is 1.46 bits per heavy atom. The van der Waals surface area contributed by atoms with Gasteiger partial charge in [0, 0.05) is 44.7 Å². The van der Waals surface area contributed by atoms with Crippen molar-refractivity contribution in [1.82, 2.24) is 14.5 Å². The van der Waals surface area contributed by atoms with Gasteiger partial charge in [-0.25, -0.2) is 4.98 Å². The number of rotatable bonds is 3. The Morgan fingerprint density at radius 3 is 2.32 bits per heavy atom. The van der Waals surface area contributed by atoms with Gasteiger partial charge in [-0.05, 0) is 60.7 Å². The van der Waals surface area contributed by atoms with Gasteiger partial charge in [-0.15, -0.1) is 11.3 Å². The van der Waals surface area contributed by atoms with E-state index in [9.17, 15) is 0 Å². The van der Waals surface area contributed by atoms with Crippen LogP contribution in [0.25, 0.3) is 70.6 Å². The summed E-state index contributed by atoms with van der Waals surface area (Å²) in [6.45, 7) is 0. The van der Waals surface area contributed by atoms with Crippen molar-refractivity contribution in [3.05, 3.63) is 116 Å². The molecule has 174 valence electrons. The molecule has 0 fully saturated rings. The Bertz CT molecular complexity index is 2090. The largest absolute Gasteiger partial charge is 0.438 e. The normalized spacial score (nSPS) is 11.8. The number of benzene rings is 3. The first kappa shape index (κ1) is 20.5. The molecule has 5 aromatic heterocycles. The van der Waals surface area contributed by atoms with Gasteiger partial charge in [0.1, 0.15) is 0 Å². The molecular formula is C32H19N3OS. The number of hydrogen-bond acceptors (Lipinski definition) is 4. The second-order valence-corrected chi connectivity index (χ2v) is 10.1. The van der Waals surface area contributed by atoms with Crippen LogP contribution >= 0.6 is 11.3 Å². The Balaban J connectivity index is 1.42. The lowest BCUT2D eigenvalue weighted by Gasteiger charge is -2.08. The zero-order chi connectivity index (χ0) is 24.3. The molecule has 0 N–H and O–H groups in total. The standard InChI is InChI=1S/C32H19N3OS/c1-2-7-22(8-3-1)35-27-14-13-21(26-11-6-10-25(34-26)20-15-17-33-18-16-20)19-24(27)29-31-30(36-32(29)35)23-9-4-5-12-28(23)37-31/h1-19H. The quantitative estimate of drug-likeness (QED) is 0.247. The van der Waals surface area contributed by atoms with Crippen LogP contribution in [0.15, 0.2) is 120 Å². The lowest BCUT2D eigenvalue weighted by atomic mass is 10.1. The first-order valence-electron chi connectivity index (χ1n) is 12.2.